The second kappa shape index (κ2) is 9.16. The maximum Gasteiger partial charge on any atom is 0.410 e. The van der Waals surface area contributed by atoms with Crippen molar-refractivity contribution in [2.24, 2.45) is 5.92 Å². The summed E-state index contributed by atoms with van der Waals surface area (Å²) in [5.74, 6) is 0.286. The van der Waals surface area contributed by atoms with E-state index >= 15 is 0 Å². The molecule has 142 valence electrons. The van der Waals surface area contributed by atoms with Crippen LogP contribution in [0, 0.1) is 12.8 Å². The monoisotopic (exact) mass is 367 g/mol. The molecule has 6 nitrogen and oxygen atoms in total. The molecule has 2 aromatic rings. The van der Waals surface area contributed by atoms with Gasteiger partial charge in [-0.3, -0.25) is 9.78 Å². The Balaban J connectivity index is 1.37. The molecule has 27 heavy (non-hydrogen) atoms. The zero-order valence-corrected chi connectivity index (χ0v) is 15.6. The van der Waals surface area contributed by atoms with Crippen molar-refractivity contribution in [1.82, 2.24) is 15.2 Å². The van der Waals surface area contributed by atoms with Gasteiger partial charge in [0, 0.05) is 37.6 Å². The first kappa shape index (κ1) is 18.9. The molecule has 3 rings (SSSR count). The Kier molecular flexibility index (Phi) is 6.41. The Morgan fingerprint density at radius 3 is 2.44 bits per heavy atom. The lowest BCUT2D eigenvalue weighted by atomic mass is 9.97. The largest absolute Gasteiger partial charge is 0.445 e. The maximum absolute atomic E-state index is 12.2. The quantitative estimate of drug-likeness (QED) is 0.881. The topological polar surface area (TPSA) is 71.5 Å². The van der Waals surface area contributed by atoms with E-state index in [1.54, 1.807) is 29.4 Å². The number of nitrogens with one attached hydrogen (secondary N) is 1. The average molecular weight is 367 g/mol. The first-order chi connectivity index (χ1) is 13.1. The summed E-state index contributed by atoms with van der Waals surface area (Å²) in [5, 5.41) is 2.96. The van der Waals surface area contributed by atoms with Crippen molar-refractivity contribution >= 4 is 12.0 Å². The van der Waals surface area contributed by atoms with E-state index in [2.05, 4.69) is 10.3 Å². The number of hydrogen-bond donors (Lipinski definition) is 1. The number of ether oxygens (including phenoxy) is 1. The molecule has 6 heteroatoms. The fraction of sp³-hybridized carbons (Fsp3) is 0.381. The van der Waals surface area contributed by atoms with E-state index in [0.29, 0.717) is 37.7 Å². The molecule has 1 fully saturated rings. The predicted molar refractivity (Wildman–Crippen MR) is 102 cm³/mol. The van der Waals surface area contributed by atoms with Crippen LogP contribution >= 0.6 is 0 Å². The third-order valence-electron chi connectivity index (χ3n) is 4.85. The van der Waals surface area contributed by atoms with Crippen LogP contribution in [0.4, 0.5) is 4.79 Å². The van der Waals surface area contributed by atoms with E-state index in [1.807, 2.05) is 31.2 Å². The Morgan fingerprint density at radius 2 is 1.78 bits per heavy atom. The zero-order valence-electron chi connectivity index (χ0n) is 15.6. The Bertz CT molecular complexity index is 754. The molecule has 0 radical (unpaired) electrons. The minimum atomic E-state index is -0.269. The number of aryl methyl sites for hydroxylation is 1. The van der Waals surface area contributed by atoms with E-state index in [1.165, 1.54) is 5.56 Å². The average Bonchev–Trinajstić information content (AvgIpc) is 2.72. The molecule has 1 aromatic carbocycles. The molecule has 0 saturated carbocycles. The highest BCUT2D eigenvalue weighted by molar-refractivity contribution is 5.93. The molecule has 1 aromatic heterocycles. The van der Waals surface area contributed by atoms with E-state index < -0.39 is 0 Å². The van der Waals surface area contributed by atoms with E-state index in [0.717, 1.165) is 18.4 Å². The van der Waals surface area contributed by atoms with Gasteiger partial charge in [0.2, 0.25) is 0 Å². The lowest BCUT2D eigenvalue weighted by Crippen LogP contribution is -2.41. The first-order valence-electron chi connectivity index (χ1n) is 9.27. The van der Waals surface area contributed by atoms with Crippen molar-refractivity contribution in [2.45, 2.75) is 26.4 Å². The molecule has 1 aliphatic rings. The van der Waals surface area contributed by atoms with Gasteiger partial charge in [-0.2, -0.15) is 0 Å². The summed E-state index contributed by atoms with van der Waals surface area (Å²) in [4.78, 5) is 30.0. The number of likely N-dealkylation sites (tertiary alicyclic amines) is 1. The van der Waals surface area contributed by atoms with Crippen molar-refractivity contribution in [3.05, 3.63) is 65.5 Å². The molecule has 0 spiro atoms. The summed E-state index contributed by atoms with van der Waals surface area (Å²) in [7, 11) is 0. The van der Waals surface area contributed by atoms with Crippen LogP contribution in [0.15, 0.2) is 48.8 Å². The lowest BCUT2D eigenvalue weighted by Gasteiger charge is -2.31. The van der Waals surface area contributed by atoms with Crippen LogP contribution in [0.25, 0.3) is 0 Å². The number of hydrogen-bond acceptors (Lipinski definition) is 4. The number of carbonyl (C=O) groups excluding carboxylic acids is 2. The maximum atomic E-state index is 12.2. The van der Waals surface area contributed by atoms with Crippen LogP contribution < -0.4 is 5.32 Å². The van der Waals surface area contributed by atoms with Gasteiger partial charge < -0.3 is 15.0 Å². The van der Waals surface area contributed by atoms with Gasteiger partial charge in [0.15, 0.2) is 0 Å². The molecule has 0 atom stereocenters. The molecule has 2 heterocycles. The van der Waals surface area contributed by atoms with Crippen LogP contribution in [0.1, 0.15) is 34.3 Å². The highest BCUT2D eigenvalue weighted by atomic mass is 16.6. The summed E-state index contributed by atoms with van der Waals surface area (Å²) >= 11 is 0. The summed E-state index contributed by atoms with van der Waals surface area (Å²) < 4.78 is 5.41. The summed E-state index contributed by atoms with van der Waals surface area (Å²) in [6.07, 6.45) is 4.66. The highest BCUT2D eigenvalue weighted by Gasteiger charge is 2.24. The van der Waals surface area contributed by atoms with E-state index in [9.17, 15) is 9.59 Å². The lowest BCUT2D eigenvalue weighted by molar-refractivity contribution is 0.0800. The van der Waals surface area contributed by atoms with E-state index in [-0.39, 0.29) is 12.0 Å². The summed E-state index contributed by atoms with van der Waals surface area (Å²) in [6, 6.07) is 11.4. The van der Waals surface area contributed by atoms with Crippen LogP contribution in [-0.2, 0) is 11.3 Å². The molecule has 0 aliphatic carbocycles. The van der Waals surface area contributed by atoms with Gasteiger partial charge in [-0.05, 0) is 43.4 Å². The molecule has 1 saturated heterocycles. The third-order valence-corrected chi connectivity index (χ3v) is 4.85. The van der Waals surface area contributed by atoms with Gasteiger partial charge >= 0.3 is 6.09 Å². The second-order valence-corrected chi connectivity index (χ2v) is 6.92. The number of pyridine rings is 1. The standard InChI is InChI=1S/C21H25N3O3/c1-16-2-4-18(5-3-16)15-27-21(26)24-12-8-17(9-13-24)14-23-20(25)19-6-10-22-11-7-19/h2-7,10-11,17H,8-9,12-15H2,1H3,(H,23,25). The minimum absolute atomic E-state index is 0.0858. The van der Waals surface area contributed by atoms with Gasteiger partial charge in [0.25, 0.3) is 5.91 Å². The summed E-state index contributed by atoms with van der Waals surface area (Å²) in [5.41, 5.74) is 2.79. The second-order valence-electron chi connectivity index (χ2n) is 6.92. The molecule has 1 N–H and O–H groups in total. The van der Waals surface area contributed by atoms with Gasteiger partial charge in [-0.15, -0.1) is 0 Å². The SMILES string of the molecule is Cc1ccc(COC(=O)N2CCC(CNC(=O)c3ccncc3)CC2)cc1. The van der Waals surface area contributed by atoms with Crippen molar-refractivity contribution in [1.29, 1.82) is 0 Å². The number of rotatable bonds is 5. The fourth-order valence-electron chi connectivity index (χ4n) is 3.08. The van der Waals surface area contributed by atoms with Crippen LogP contribution in [-0.4, -0.2) is 41.5 Å². The first-order valence-corrected chi connectivity index (χ1v) is 9.27. The fourth-order valence-corrected chi connectivity index (χ4v) is 3.08. The smallest absolute Gasteiger partial charge is 0.410 e. The van der Waals surface area contributed by atoms with Crippen molar-refractivity contribution in [2.75, 3.05) is 19.6 Å². The van der Waals surface area contributed by atoms with E-state index in [4.69, 9.17) is 4.74 Å². The Morgan fingerprint density at radius 1 is 1.11 bits per heavy atom. The highest BCUT2D eigenvalue weighted by Crippen LogP contribution is 2.18. The minimum Gasteiger partial charge on any atom is -0.445 e. The number of benzene rings is 1. The van der Waals surface area contributed by atoms with Crippen LogP contribution in [0.5, 0.6) is 0 Å². The summed E-state index contributed by atoms with van der Waals surface area (Å²) in [6.45, 7) is 4.25. The Labute approximate surface area is 159 Å². The molecule has 0 bridgehead atoms. The molecule has 1 aliphatic heterocycles. The zero-order chi connectivity index (χ0) is 19.1. The van der Waals surface area contributed by atoms with Gasteiger partial charge in [0.1, 0.15) is 6.61 Å². The van der Waals surface area contributed by atoms with Gasteiger partial charge in [-0.1, -0.05) is 29.8 Å². The number of nitrogens with zero attached hydrogens (tertiary/aromatic N) is 2. The van der Waals surface area contributed by atoms with Crippen molar-refractivity contribution in [3.8, 4) is 0 Å². The molecular weight excluding hydrogens is 342 g/mol. The normalized spacial score (nSPS) is 14.6. The molecule has 0 unspecified atom stereocenters. The molecule has 2 amide bonds. The van der Waals surface area contributed by atoms with Gasteiger partial charge in [0.05, 0.1) is 0 Å². The van der Waals surface area contributed by atoms with Crippen LogP contribution in [0.3, 0.4) is 0 Å². The van der Waals surface area contributed by atoms with Crippen LogP contribution in [0.2, 0.25) is 0 Å². The predicted octanol–water partition coefficient (Wildman–Crippen LogP) is 3.17. The van der Waals surface area contributed by atoms with Gasteiger partial charge in [-0.25, -0.2) is 4.79 Å². The number of carbonyl (C=O) groups is 2. The third kappa shape index (κ3) is 5.54. The number of aromatic nitrogens is 1. The number of amides is 2. The molecular formula is C21H25N3O3. The van der Waals surface area contributed by atoms with Crippen molar-refractivity contribution < 1.29 is 14.3 Å². The van der Waals surface area contributed by atoms with Crippen molar-refractivity contribution in [3.63, 3.8) is 0 Å². The number of piperidine rings is 1. The Hall–Kier alpha value is -2.89.